The van der Waals surface area contributed by atoms with Crippen LogP contribution in [-0.2, 0) is 7.05 Å². The monoisotopic (exact) mass is 435 g/mol. The minimum absolute atomic E-state index is 0.0531. The number of halogens is 1. The standard InChI is InChI=1S/C24H26FN5O2/c1-29-8-7-15(10-23(29)32)14-3-5-17(21(31)9-14)19-12-27-22(13-26-19)30(2)20-11-16-4-6-18(28-16)24(20)25/h3,5,7-10,12-13,16,18,20,24,28,31H,4,6,11H2,1-2H3/t16?,18?,20-,24?/m1/s1. The summed E-state index contributed by atoms with van der Waals surface area (Å²) in [5, 5.41) is 13.9. The van der Waals surface area contributed by atoms with Gasteiger partial charge in [0.2, 0.25) is 0 Å². The predicted molar refractivity (Wildman–Crippen MR) is 121 cm³/mol. The summed E-state index contributed by atoms with van der Waals surface area (Å²) in [6.45, 7) is 0. The molecule has 3 aromatic rings. The van der Waals surface area contributed by atoms with Crippen molar-refractivity contribution in [3.63, 3.8) is 0 Å². The topological polar surface area (TPSA) is 83.3 Å². The maximum absolute atomic E-state index is 14.9. The number of hydrogen-bond donors (Lipinski definition) is 2. The molecule has 7 nitrogen and oxygen atoms in total. The third kappa shape index (κ3) is 3.64. The number of hydrogen-bond acceptors (Lipinski definition) is 6. The van der Waals surface area contributed by atoms with Crippen molar-refractivity contribution >= 4 is 5.82 Å². The molecule has 2 bridgehead atoms. The maximum Gasteiger partial charge on any atom is 0.250 e. The van der Waals surface area contributed by atoms with E-state index in [0.717, 1.165) is 30.4 Å². The van der Waals surface area contributed by atoms with E-state index >= 15 is 0 Å². The van der Waals surface area contributed by atoms with Crippen LogP contribution in [0, 0.1) is 0 Å². The summed E-state index contributed by atoms with van der Waals surface area (Å²) in [5.41, 5.74) is 2.42. The lowest BCUT2D eigenvalue weighted by molar-refractivity contribution is 0.176. The zero-order valence-corrected chi connectivity index (χ0v) is 18.1. The SMILES string of the molecule is CN(c1cnc(-c2ccc(-c3ccn(C)c(=O)c3)cc2O)cn1)[C@@H]1CC2CCC(N2)C1F. The molecule has 2 saturated heterocycles. The molecule has 4 heterocycles. The lowest BCUT2D eigenvalue weighted by Gasteiger charge is -2.38. The number of anilines is 1. The summed E-state index contributed by atoms with van der Waals surface area (Å²) in [5.74, 6) is 0.663. The molecule has 0 radical (unpaired) electrons. The van der Waals surface area contributed by atoms with E-state index in [1.165, 1.54) is 10.6 Å². The third-order valence-corrected chi connectivity index (χ3v) is 6.76. The first-order chi connectivity index (χ1) is 15.4. The number of aromatic nitrogens is 3. The quantitative estimate of drug-likeness (QED) is 0.656. The number of nitrogens with one attached hydrogen (secondary N) is 1. The minimum Gasteiger partial charge on any atom is -0.507 e. The number of pyridine rings is 1. The van der Waals surface area contributed by atoms with Gasteiger partial charge in [0.1, 0.15) is 17.7 Å². The number of phenols is 1. The van der Waals surface area contributed by atoms with Gasteiger partial charge in [-0.3, -0.25) is 9.78 Å². The first kappa shape index (κ1) is 20.6. The lowest BCUT2D eigenvalue weighted by Crippen LogP contribution is -2.55. The highest BCUT2D eigenvalue weighted by molar-refractivity contribution is 5.74. The molecule has 1 aromatic carbocycles. The molecule has 32 heavy (non-hydrogen) atoms. The minimum atomic E-state index is -0.938. The number of fused-ring (bicyclic) bond motifs is 2. The Labute approximate surface area is 185 Å². The summed E-state index contributed by atoms with van der Waals surface area (Å²) in [6.07, 6.45) is 6.64. The van der Waals surface area contributed by atoms with Crippen LogP contribution in [0.15, 0.2) is 53.7 Å². The molecule has 2 aromatic heterocycles. The molecule has 5 rings (SSSR count). The van der Waals surface area contributed by atoms with Crippen molar-refractivity contribution in [3.05, 3.63) is 59.3 Å². The fraction of sp³-hybridized carbons (Fsp3) is 0.375. The Morgan fingerprint density at radius 3 is 2.69 bits per heavy atom. The molecule has 0 amide bonds. The fourth-order valence-corrected chi connectivity index (χ4v) is 4.82. The molecule has 8 heteroatoms. The molecule has 2 aliphatic rings. The molecule has 0 aliphatic carbocycles. The van der Waals surface area contributed by atoms with Gasteiger partial charge >= 0.3 is 0 Å². The molecule has 3 unspecified atom stereocenters. The molecule has 2 fully saturated rings. The van der Waals surface area contributed by atoms with E-state index < -0.39 is 6.17 Å². The molecule has 2 aliphatic heterocycles. The summed E-state index contributed by atoms with van der Waals surface area (Å²) < 4.78 is 16.4. The van der Waals surface area contributed by atoms with Gasteiger partial charge in [0, 0.05) is 44.0 Å². The van der Waals surface area contributed by atoms with Crippen LogP contribution in [-0.4, -0.2) is 51.0 Å². The number of aromatic hydroxyl groups is 1. The van der Waals surface area contributed by atoms with E-state index in [9.17, 15) is 14.3 Å². The first-order valence-corrected chi connectivity index (χ1v) is 10.9. The van der Waals surface area contributed by atoms with E-state index in [1.54, 1.807) is 37.8 Å². The first-order valence-electron chi connectivity index (χ1n) is 10.9. The van der Waals surface area contributed by atoms with Gasteiger partial charge in [0.05, 0.1) is 24.1 Å². The van der Waals surface area contributed by atoms with Crippen LogP contribution in [0.2, 0.25) is 0 Å². The van der Waals surface area contributed by atoms with Gasteiger partial charge in [-0.05, 0) is 48.6 Å². The molecule has 4 atom stereocenters. The molecular formula is C24H26FN5O2. The Morgan fingerprint density at radius 1 is 1.16 bits per heavy atom. The van der Waals surface area contributed by atoms with Crippen LogP contribution >= 0.6 is 0 Å². The Balaban J connectivity index is 1.37. The highest BCUT2D eigenvalue weighted by atomic mass is 19.1. The Bertz CT molecular complexity index is 1200. The number of nitrogens with zero attached hydrogens (tertiary/aromatic N) is 4. The molecular weight excluding hydrogens is 409 g/mol. The van der Waals surface area contributed by atoms with Crippen molar-refractivity contribution in [2.45, 2.75) is 43.6 Å². The molecule has 0 saturated carbocycles. The zero-order chi connectivity index (χ0) is 22.4. The number of phenolic OH excluding ortho intramolecular Hbond substituents is 1. The Kier molecular flexibility index (Phi) is 5.17. The van der Waals surface area contributed by atoms with E-state index in [1.807, 2.05) is 24.1 Å². The number of rotatable bonds is 4. The van der Waals surface area contributed by atoms with Gasteiger partial charge in [-0.2, -0.15) is 0 Å². The van der Waals surface area contributed by atoms with Crippen LogP contribution < -0.4 is 15.8 Å². The molecule has 2 N–H and O–H groups in total. The summed E-state index contributed by atoms with van der Waals surface area (Å²) in [6, 6.07) is 8.64. The van der Waals surface area contributed by atoms with Gasteiger partial charge in [0.15, 0.2) is 0 Å². The van der Waals surface area contributed by atoms with Gasteiger partial charge in [-0.25, -0.2) is 9.37 Å². The van der Waals surface area contributed by atoms with E-state index in [2.05, 4.69) is 15.3 Å². The summed E-state index contributed by atoms with van der Waals surface area (Å²) in [7, 11) is 3.55. The van der Waals surface area contributed by atoms with Gasteiger partial charge in [-0.15, -0.1) is 0 Å². The lowest BCUT2D eigenvalue weighted by atomic mass is 9.96. The van der Waals surface area contributed by atoms with Crippen molar-refractivity contribution in [1.29, 1.82) is 0 Å². The van der Waals surface area contributed by atoms with Crippen molar-refractivity contribution in [3.8, 4) is 28.1 Å². The zero-order valence-electron chi connectivity index (χ0n) is 18.1. The molecule has 0 spiro atoms. The highest BCUT2D eigenvalue weighted by Crippen LogP contribution is 2.34. The normalized spacial score (nSPS) is 24.5. The van der Waals surface area contributed by atoms with Crippen LogP contribution in [0.4, 0.5) is 10.2 Å². The number of alkyl halides is 1. The van der Waals surface area contributed by atoms with Crippen LogP contribution in [0.3, 0.4) is 0 Å². The second-order valence-corrected chi connectivity index (χ2v) is 8.76. The van der Waals surface area contributed by atoms with E-state index in [-0.39, 0.29) is 23.4 Å². The second-order valence-electron chi connectivity index (χ2n) is 8.76. The van der Waals surface area contributed by atoms with Gasteiger partial charge in [-0.1, -0.05) is 6.07 Å². The van der Waals surface area contributed by atoms with Crippen LogP contribution in [0.25, 0.3) is 22.4 Å². The Hall–Kier alpha value is -3.26. The second kappa shape index (κ2) is 8.02. The van der Waals surface area contributed by atoms with Gasteiger partial charge < -0.3 is 19.9 Å². The highest BCUT2D eigenvalue weighted by Gasteiger charge is 2.43. The average molecular weight is 436 g/mol. The van der Waals surface area contributed by atoms with Crippen molar-refractivity contribution in [2.75, 3.05) is 11.9 Å². The van der Waals surface area contributed by atoms with E-state index in [4.69, 9.17) is 0 Å². The van der Waals surface area contributed by atoms with Crippen LogP contribution in [0.5, 0.6) is 5.75 Å². The van der Waals surface area contributed by atoms with E-state index in [0.29, 0.717) is 23.1 Å². The van der Waals surface area contributed by atoms with Crippen molar-refractivity contribution < 1.29 is 9.50 Å². The summed E-state index contributed by atoms with van der Waals surface area (Å²) >= 11 is 0. The summed E-state index contributed by atoms with van der Waals surface area (Å²) in [4.78, 5) is 22.8. The Morgan fingerprint density at radius 2 is 1.97 bits per heavy atom. The van der Waals surface area contributed by atoms with Crippen molar-refractivity contribution in [1.82, 2.24) is 19.9 Å². The number of aryl methyl sites for hydroxylation is 1. The number of benzene rings is 1. The number of piperidine rings is 1. The largest absolute Gasteiger partial charge is 0.507 e. The smallest absolute Gasteiger partial charge is 0.250 e. The van der Waals surface area contributed by atoms with Gasteiger partial charge in [0.25, 0.3) is 5.56 Å². The van der Waals surface area contributed by atoms with Crippen LogP contribution in [0.1, 0.15) is 19.3 Å². The fourth-order valence-electron chi connectivity index (χ4n) is 4.82. The predicted octanol–water partition coefficient (Wildman–Crippen LogP) is 2.88. The third-order valence-electron chi connectivity index (χ3n) is 6.76. The maximum atomic E-state index is 14.9. The molecule has 166 valence electrons. The average Bonchev–Trinajstić information content (AvgIpc) is 3.21. The van der Waals surface area contributed by atoms with Crippen molar-refractivity contribution in [2.24, 2.45) is 7.05 Å².